The van der Waals surface area contributed by atoms with Crippen LogP contribution in [0.2, 0.25) is 5.02 Å². The van der Waals surface area contributed by atoms with Crippen molar-refractivity contribution in [1.29, 1.82) is 0 Å². The molecule has 1 atom stereocenters. The van der Waals surface area contributed by atoms with Crippen molar-refractivity contribution in [1.82, 2.24) is 14.8 Å². The number of thiazole rings is 1. The summed E-state index contributed by atoms with van der Waals surface area (Å²) in [6.45, 7) is 5.79. The minimum atomic E-state index is -4.03. The quantitative estimate of drug-likeness (QED) is 0.375. The molecule has 1 aliphatic rings. The van der Waals surface area contributed by atoms with Crippen molar-refractivity contribution in [2.45, 2.75) is 30.6 Å². The molecule has 13 heteroatoms. The van der Waals surface area contributed by atoms with Crippen molar-refractivity contribution >= 4 is 61.7 Å². The van der Waals surface area contributed by atoms with Gasteiger partial charge in [0, 0.05) is 50.2 Å². The summed E-state index contributed by atoms with van der Waals surface area (Å²) in [4.78, 5) is 32.2. The fourth-order valence-electron chi connectivity index (χ4n) is 4.16. The van der Waals surface area contributed by atoms with E-state index in [1.807, 2.05) is 6.92 Å². The van der Waals surface area contributed by atoms with E-state index < -0.39 is 10.0 Å². The minimum absolute atomic E-state index is 0.0522. The minimum Gasteiger partial charge on any atom is -0.334 e. The van der Waals surface area contributed by atoms with Gasteiger partial charge in [-0.15, -0.1) is 0 Å². The number of carbonyl (C=O) groups is 2. The molecule has 9 nitrogen and oxygen atoms in total. The van der Waals surface area contributed by atoms with Crippen molar-refractivity contribution in [2.75, 3.05) is 29.7 Å². The molecule has 0 radical (unpaired) electrons. The van der Waals surface area contributed by atoms with Crippen molar-refractivity contribution in [3.8, 4) is 0 Å². The van der Waals surface area contributed by atoms with Crippen LogP contribution in [0.4, 0.5) is 15.2 Å². The average Bonchev–Trinajstić information content (AvgIpc) is 3.33. The largest absolute Gasteiger partial charge is 0.334 e. The van der Waals surface area contributed by atoms with E-state index in [0.29, 0.717) is 36.8 Å². The first-order valence-corrected chi connectivity index (χ1v) is 14.7. The number of nitrogens with zero attached hydrogens (tertiary/aromatic N) is 3. The Morgan fingerprint density at radius 1 is 1.21 bits per heavy atom. The van der Waals surface area contributed by atoms with E-state index in [1.165, 1.54) is 31.2 Å². The van der Waals surface area contributed by atoms with Gasteiger partial charge in [0.25, 0.3) is 10.0 Å². The van der Waals surface area contributed by atoms with E-state index in [4.69, 9.17) is 11.6 Å². The van der Waals surface area contributed by atoms with Gasteiger partial charge in [0.1, 0.15) is 5.82 Å². The van der Waals surface area contributed by atoms with Crippen LogP contribution in [-0.4, -0.2) is 60.7 Å². The van der Waals surface area contributed by atoms with Crippen LogP contribution in [0.25, 0.3) is 6.08 Å². The van der Waals surface area contributed by atoms with Crippen LogP contribution in [0.15, 0.2) is 58.9 Å². The lowest BCUT2D eigenvalue weighted by Crippen LogP contribution is -2.53. The molecule has 1 aliphatic heterocycles. The first-order chi connectivity index (χ1) is 18.5. The van der Waals surface area contributed by atoms with Crippen LogP contribution in [0.5, 0.6) is 0 Å². The van der Waals surface area contributed by atoms with Crippen molar-refractivity contribution in [3.05, 3.63) is 76.7 Å². The fraction of sp³-hybridized carbons (Fsp3) is 0.269. The number of nitrogens with one attached hydrogen (secondary N) is 2. The van der Waals surface area contributed by atoms with Crippen LogP contribution in [-0.2, 0) is 26.2 Å². The molecule has 0 bridgehead atoms. The average molecular weight is 592 g/mol. The highest BCUT2D eigenvalue weighted by atomic mass is 35.5. The van der Waals surface area contributed by atoms with Crippen LogP contribution < -0.4 is 10.0 Å². The van der Waals surface area contributed by atoms with Gasteiger partial charge in [0.15, 0.2) is 9.34 Å². The number of rotatable bonds is 8. The molecule has 2 amide bonds. The maximum atomic E-state index is 13.2. The lowest BCUT2D eigenvalue weighted by molar-refractivity contribution is -0.130. The number of benzene rings is 2. The first-order valence-electron chi connectivity index (χ1n) is 12.0. The molecule has 2 heterocycles. The number of aromatic nitrogens is 1. The van der Waals surface area contributed by atoms with Gasteiger partial charge in [-0.1, -0.05) is 41.1 Å². The van der Waals surface area contributed by atoms with Gasteiger partial charge in [-0.05, 0) is 48.4 Å². The molecule has 4 rings (SSSR count). The molecule has 3 aromatic rings. The zero-order valence-electron chi connectivity index (χ0n) is 21.2. The predicted molar refractivity (Wildman–Crippen MR) is 151 cm³/mol. The standard InChI is InChI=1S/C26H27ClFN5O4S2/c1-17-15-32(16-19-3-8-22(28)9-4-19)11-12-33(17)24(35)10-6-20-5-7-21(27)13-23(20)31-39(36,37)25-14-29-26(38-25)30-18(2)34/h3-10,13-14,17,31H,11-12,15-16H2,1-2H3,(H,29,30,34)/b10-6+. The second kappa shape index (κ2) is 12.2. The topological polar surface area (TPSA) is 112 Å². The molecule has 2 aromatic carbocycles. The van der Waals surface area contributed by atoms with E-state index in [-0.39, 0.29) is 38.7 Å². The molecule has 0 spiro atoms. The van der Waals surface area contributed by atoms with E-state index in [1.54, 1.807) is 35.2 Å². The third-order valence-electron chi connectivity index (χ3n) is 6.01. The molecule has 0 saturated carbocycles. The molecule has 1 aromatic heterocycles. The normalized spacial score (nSPS) is 16.4. The molecule has 0 aliphatic carbocycles. The molecular weight excluding hydrogens is 565 g/mol. The first kappa shape index (κ1) is 28.7. The summed E-state index contributed by atoms with van der Waals surface area (Å²) in [7, 11) is -4.03. The lowest BCUT2D eigenvalue weighted by atomic mass is 10.1. The Labute approximate surface area is 235 Å². The van der Waals surface area contributed by atoms with Gasteiger partial charge in [-0.2, -0.15) is 0 Å². The van der Waals surface area contributed by atoms with E-state index >= 15 is 0 Å². The second-order valence-corrected chi connectivity index (χ2v) is 12.5. The zero-order chi connectivity index (χ0) is 28.2. The zero-order valence-corrected chi connectivity index (χ0v) is 23.6. The van der Waals surface area contributed by atoms with Gasteiger partial charge in [-0.3, -0.25) is 19.2 Å². The molecule has 1 fully saturated rings. The summed E-state index contributed by atoms with van der Waals surface area (Å²) in [5, 5.41) is 2.92. The van der Waals surface area contributed by atoms with Gasteiger partial charge in [0.2, 0.25) is 11.8 Å². The number of hydrogen-bond acceptors (Lipinski definition) is 7. The number of amides is 2. The van der Waals surface area contributed by atoms with Gasteiger partial charge < -0.3 is 10.2 Å². The lowest BCUT2D eigenvalue weighted by Gasteiger charge is -2.39. The molecule has 39 heavy (non-hydrogen) atoms. The SMILES string of the molecule is CC(=O)Nc1ncc(S(=O)(=O)Nc2cc(Cl)ccc2/C=C/C(=O)N2CCN(Cc3ccc(F)cc3)CC2C)s1. The predicted octanol–water partition coefficient (Wildman–Crippen LogP) is 4.44. The summed E-state index contributed by atoms with van der Waals surface area (Å²) in [6.07, 6.45) is 4.11. The number of sulfonamides is 1. The highest BCUT2D eigenvalue weighted by molar-refractivity contribution is 7.94. The number of piperazine rings is 1. The third kappa shape index (κ3) is 7.63. The van der Waals surface area contributed by atoms with Crippen molar-refractivity contribution < 1.29 is 22.4 Å². The highest BCUT2D eigenvalue weighted by Crippen LogP contribution is 2.29. The maximum Gasteiger partial charge on any atom is 0.273 e. The van der Waals surface area contributed by atoms with E-state index in [2.05, 4.69) is 19.9 Å². The van der Waals surface area contributed by atoms with Gasteiger partial charge in [-0.25, -0.2) is 17.8 Å². The maximum absolute atomic E-state index is 13.2. The summed E-state index contributed by atoms with van der Waals surface area (Å²) in [6, 6.07) is 11.0. The summed E-state index contributed by atoms with van der Waals surface area (Å²) in [5.41, 5.74) is 1.65. The molecule has 1 unspecified atom stereocenters. The van der Waals surface area contributed by atoms with Gasteiger partial charge >= 0.3 is 0 Å². The molecule has 206 valence electrons. The smallest absolute Gasteiger partial charge is 0.273 e. The number of halogens is 2. The number of hydrogen-bond donors (Lipinski definition) is 2. The summed E-state index contributed by atoms with van der Waals surface area (Å²) >= 11 is 6.93. The van der Waals surface area contributed by atoms with E-state index in [0.717, 1.165) is 23.1 Å². The summed E-state index contributed by atoms with van der Waals surface area (Å²) in [5.74, 6) is -0.836. The monoisotopic (exact) mass is 591 g/mol. The fourth-order valence-corrected chi connectivity index (χ4v) is 6.49. The van der Waals surface area contributed by atoms with Gasteiger partial charge in [0.05, 0.1) is 11.9 Å². The molecule has 2 N–H and O–H groups in total. The van der Waals surface area contributed by atoms with Crippen molar-refractivity contribution in [2.24, 2.45) is 0 Å². The van der Waals surface area contributed by atoms with Crippen LogP contribution in [0.3, 0.4) is 0 Å². The Balaban J connectivity index is 1.42. The Bertz CT molecular complexity index is 1490. The molecule has 1 saturated heterocycles. The number of anilines is 2. The van der Waals surface area contributed by atoms with Crippen LogP contribution in [0, 0.1) is 5.82 Å². The Morgan fingerprint density at radius 3 is 2.64 bits per heavy atom. The second-order valence-electron chi connectivity index (χ2n) is 9.08. The highest BCUT2D eigenvalue weighted by Gasteiger charge is 2.26. The number of carbonyl (C=O) groups excluding carboxylic acids is 2. The molecular formula is C26H27ClFN5O4S2. The van der Waals surface area contributed by atoms with Crippen LogP contribution in [0.1, 0.15) is 25.0 Å². The van der Waals surface area contributed by atoms with Crippen molar-refractivity contribution in [3.63, 3.8) is 0 Å². The Morgan fingerprint density at radius 2 is 1.95 bits per heavy atom. The summed E-state index contributed by atoms with van der Waals surface area (Å²) < 4.78 is 41.5. The van der Waals surface area contributed by atoms with E-state index in [9.17, 15) is 22.4 Å². The Hall–Kier alpha value is -3.32. The van der Waals surface area contributed by atoms with Crippen LogP contribution >= 0.6 is 22.9 Å². The third-order valence-corrected chi connectivity index (χ3v) is 8.99. The Kier molecular flexibility index (Phi) is 9.01.